The molecule has 0 amide bonds. The molecular formula is C17H18ClFO4S. The number of thioether (sulfide) groups is 1. The first kappa shape index (κ1) is 18.8. The highest BCUT2D eigenvalue weighted by Crippen LogP contribution is 2.47. The Morgan fingerprint density at radius 1 is 1.33 bits per heavy atom. The lowest BCUT2D eigenvalue weighted by molar-refractivity contribution is -0.151. The number of aliphatic carboxylic acids is 2. The van der Waals surface area contributed by atoms with Crippen LogP contribution in [0.1, 0.15) is 25.3 Å². The van der Waals surface area contributed by atoms with Gasteiger partial charge in [0.25, 0.3) is 0 Å². The standard InChI is InChI=1S/C17H18ClFO4S/c1-16(14(20)21)5-2-6-17(10-16,15(22)23)12-9-11(24-8-7-19)3-4-13(12)18/h2-5,9H,6-8,10H2,1H3,(H,20,21)(H,22,23). The Balaban J connectivity index is 2.54. The number of halogens is 2. The van der Waals surface area contributed by atoms with Crippen LogP contribution in [-0.4, -0.2) is 34.6 Å². The SMILES string of the molecule is CC1(C(=O)O)C=CCC(C(=O)O)(c2cc(SCCF)ccc2Cl)C1. The van der Waals surface area contributed by atoms with E-state index in [1.54, 1.807) is 24.3 Å². The second-order valence-corrected chi connectivity index (χ2v) is 7.65. The van der Waals surface area contributed by atoms with E-state index in [2.05, 4.69) is 0 Å². The zero-order valence-corrected chi connectivity index (χ0v) is 14.7. The highest BCUT2D eigenvalue weighted by atomic mass is 35.5. The van der Waals surface area contributed by atoms with Crippen molar-refractivity contribution < 1.29 is 24.2 Å². The molecule has 1 aliphatic carbocycles. The Morgan fingerprint density at radius 2 is 2.04 bits per heavy atom. The molecule has 0 spiro atoms. The van der Waals surface area contributed by atoms with Crippen LogP contribution in [0.4, 0.5) is 4.39 Å². The van der Waals surface area contributed by atoms with Crippen molar-refractivity contribution in [1.82, 2.24) is 0 Å². The minimum absolute atomic E-state index is 0.0991. The first-order valence-electron chi connectivity index (χ1n) is 7.38. The molecule has 0 bridgehead atoms. The van der Waals surface area contributed by atoms with Gasteiger partial charge in [0.05, 0.1) is 17.5 Å². The number of carboxylic acids is 2. The van der Waals surface area contributed by atoms with Crippen LogP contribution in [0.5, 0.6) is 0 Å². The fourth-order valence-electron chi connectivity index (χ4n) is 3.03. The van der Waals surface area contributed by atoms with Gasteiger partial charge in [0.15, 0.2) is 0 Å². The van der Waals surface area contributed by atoms with E-state index in [1.807, 2.05) is 0 Å². The van der Waals surface area contributed by atoms with Crippen molar-refractivity contribution in [3.8, 4) is 0 Å². The van der Waals surface area contributed by atoms with Crippen molar-refractivity contribution in [2.45, 2.75) is 30.1 Å². The monoisotopic (exact) mass is 372 g/mol. The Hall–Kier alpha value is -1.53. The molecule has 24 heavy (non-hydrogen) atoms. The van der Waals surface area contributed by atoms with Gasteiger partial charge in [0, 0.05) is 15.7 Å². The Labute approximate surface area is 148 Å². The summed E-state index contributed by atoms with van der Waals surface area (Å²) in [6, 6.07) is 4.92. The number of carbonyl (C=O) groups is 2. The third-order valence-electron chi connectivity index (χ3n) is 4.32. The normalized spacial score (nSPS) is 26.3. The number of rotatable bonds is 6. The van der Waals surface area contributed by atoms with Gasteiger partial charge in [-0.15, -0.1) is 11.8 Å². The van der Waals surface area contributed by atoms with E-state index in [-0.39, 0.29) is 23.6 Å². The Kier molecular flexibility index (Phi) is 5.60. The van der Waals surface area contributed by atoms with Gasteiger partial charge in [-0.3, -0.25) is 14.0 Å². The summed E-state index contributed by atoms with van der Waals surface area (Å²) in [6.07, 6.45) is 3.18. The summed E-state index contributed by atoms with van der Waals surface area (Å²) in [5, 5.41) is 19.6. The molecule has 0 heterocycles. The van der Waals surface area contributed by atoms with E-state index in [0.29, 0.717) is 10.5 Å². The quantitative estimate of drug-likeness (QED) is 0.579. The molecule has 7 heteroatoms. The molecule has 2 N–H and O–H groups in total. The summed E-state index contributed by atoms with van der Waals surface area (Å²) in [4.78, 5) is 24.4. The van der Waals surface area contributed by atoms with Gasteiger partial charge in [-0.2, -0.15) is 0 Å². The molecule has 4 nitrogen and oxygen atoms in total. The maximum absolute atomic E-state index is 12.4. The average Bonchev–Trinajstić information content (AvgIpc) is 2.53. The molecular weight excluding hydrogens is 355 g/mol. The summed E-state index contributed by atoms with van der Waals surface area (Å²) < 4.78 is 12.4. The molecule has 130 valence electrons. The van der Waals surface area contributed by atoms with Crippen LogP contribution in [0.15, 0.2) is 35.2 Å². The second-order valence-electron chi connectivity index (χ2n) is 6.07. The zero-order chi connectivity index (χ0) is 18.0. The van der Waals surface area contributed by atoms with Crippen molar-refractivity contribution >= 4 is 35.3 Å². The van der Waals surface area contributed by atoms with Gasteiger partial charge in [0.2, 0.25) is 0 Å². The molecule has 2 unspecified atom stereocenters. The molecule has 1 aromatic rings. The third kappa shape index (κ3) is 3.44. The highest BCUT2D eigenvalue weighted by Gasteiger charge is 2.50. The van der Waals surface area contributed by atoms with Gasteiger partial charge in [-0.1, -0.05) is 23.8 Å². The molecule has 1 aliphatic rings. The lowest BCUT2D eigenvalue weighted by Crippen LogP contribution is -2.45. The Morgan fingerprint density at radius 3 is 2.62 bits per heavy atom. The number of carboxylic acid groups (broad SMARTS) is 2. The molecule has 1 aromatic carbocycles. The molecule has 2 atom stereocenters. The lowest BCUT2D eigenvalue weighted by atomic mass is 9.63. The molecule has 0 fully saturated rings. The van der Waals surface area contributed by atoms with Crippen molar-refractivity contribution in [1.29, 1.82) is 0 Å². The average molecular weight is 373 g/mol. The van der Waals surface area contributed by atoms with Gasteiger partial charge >= 0.3 is 11.9 Å². The minimum atomic E-state index is -1.43. The van der Waals surface area contributed by atoms with Crippen LogP contribution in [0.2, 0.25) is 5.02 Å². The minimum Gasteiger partial charge on any atom is -0.481 e. The van der Waals surface area contributed by atoms with Crippen LogP contribution in [-0.2, 0) is 15.0 Å². The topological polar surface area (TPSA) is 74.6 Å². The van der Waals surface area contributed by atoms with Crippen LogP contribution in [0.3, 0.4) is 0 Å². The fraction of sp³-hybridized carbons (Fsp3) is 0.412. The second kappa shape index (κ2) is 7.15. The summed E-state index contributed by atoms with van der Waals surface area (Å²) in [7, 11) is 0. The van der Waals surface area contributed by atoms with E-state index < -0.39 is 29.4 Å². The summed E-state index contributed by atoms with van der Waals surface area (Å²) in [5.74, 6) is -1.94. The highest BCUT2D eigenvalue weighted by molar-refractivity contribution is 7.99. The van der Waals surface area contributed by atoms with E-state index in [4.69, 9.17) is 11.6 Å². The molecule has 0 radical (unpaired) electrons. The molecule has 0 aromatic heterocycles. The molecule has 0 aliphatic heterocycles. The Bertz CT molecular complexity index is 693. The predicted molar refractivity (Wildman–Crippen MR) is 91.6 cm³/mol. The number of allylic oxidation sites excluding steroid dienone is 1. The first-order chi connectivity index (χ1) is 11.2. The number of alkyl halides is 1. The van der Waals surface area contributed by atoms with Crippen molar-refractivity contribution in [3.05, 3.63) is 40.9 Å². The number of hydrogen-bond donors (Lipinski definition) is 2. The van der Waals surface area contributed by atoms with Crippen molar-refractivity contribution in [3.63, 3.8) is 0 Å². The number of benzene rings is 1. The zero-order valence-electron chi connectivity index (χ0n) is 13.1. The maximum Gasteiger partial charge on any atom is 0.314 e. The van der Waals surface area contributed by atoms with Crippen LogP contribution in [0, 0.1) is 5.41 Å². The summed E-state index contributed by atoms with van der Waals surface area (Å²) >= 11 is 7.51. The van der Waals surface area contributed by atoms with E-state index in [1.165, 1.54) is 24.8 Å². The third-order valence-corrected chi connectivity index (χ3v) is 5.59. The fourth-order valence-corrected chi connectivity index (χ4v) is 4.00. The van der Waals surface area contributed by atoms with Crippen molar-refractivity contribution in [2.24, 2.45) is 5.41 Å². The molecule has 2 rings (SSSR count). The first-order valence-corrected chi connectivity index (χ1v) is 8.75. The van der Waals surface area contributed by atoms with Crippen LogP contribution < -0.4 is 0 Å². The van der Waals surface area contributed by atoms with Gasteiger partial charge in [0.1, 0.15) is 0 Å². The van der Waals surface area contributed by atoms with Crippen molar-refractivity contribution in [2.75, 3.05) is 12.4 Å². The largest absolute Gasteiger partial charge is 0.481 e. The van der Waals surface area contributed by atoms with Gasteiger partial charge < -0.3 is 10.2 Å². The lowest BCUT2D eigenvalue weighted by Gasteiger charge is -2.39. The number of hydrogen-bond acceptors (Lipinski definition) is 3. The van der Waals surface area contributed by atoms with Gasteiger partial charge in [-0.05, 0) is 43.5 Å². The molecule has 0 saturated carbocycles. The van der Waals surface area contributed by atoms with Gasteiger partial charge in [-0.25, -0.2) is 0 Å². The van der Waals surface area contributed by atoms with E-state index >= 15 is 0 Å². The van der Waals surface area contributed by atoms with Crippen LogP contribution in [0.25, 0.3) is 0 Å². The van der Waals surface area contributed by atoms with E-state index in [0.717, 1.165) is 0 Å². The molecule has 0 saturated heterocycles. The summed E-state index contributed by atoms with van der Waals surface area (Å²) in [5.41, 5.74) is -2.34. The summed E-state index contributed by atoms with van der Waals surface area (Å²) in [6.45, 7) is 1.00. The predicted octanol–water partition coefficient (Wildman–Crippen LogP) is 4.16. The van der Waals surface area contributed by atoms with E-state index in [9.17, 15) is 24.2 Å². The van der Waals surface area contributed by atoms with Crippen LogP contribution >= 0.6 is 23.4 Å². The maximum atomic E-state index is 12.4. The smallest absolute Gasteiger partial charge is 0.314 e.